The topological polar surface area (TPSA) is 58.3 Å². The number of guanidine groups is 1. The summed E-state index contributed by atoms with van der Waals surface area (Å²) in [7, 11) is 1.96. The van der Waals surface area contributed by atoms with Crippen LogP contribution in [-0.2, 0) is 26.1 Å². The second-order valence-electron chi connectivity index (χ2n) is 6.65. The lowest BCUT2D eigenvalue weighted by molar-refractivity contribution is 0.473. The first-order valence-corrected chi connectivity index (χ1v) is 9.32. The van der Waals surface area contributed by atoms with Crippen molar-refractivity contribution in [2.24, 2.45) is 4.99 Å². The highest BCUT2D eigenvalue weighted by atomic mass is 19.1. The highest BCUT2D eigenvalue weighted by molar-refractivity contribution is 5.79. The molecule has 140 valence electrons. The van der Waals surface area contributed by atoms with Crippen molar-refractivity contribution >= 4 is 5.96 Å². The highest BCUT2D eigenvalue weighted by Crippen LogP contribution is 2.15. The van der Waals surface area contributed by atoms with Crippen molar-refractivity contribution in [3.05, 3.63) is 47.3 Å². The fraction of sp³-hybridized carbons (Fsp3) is 0.526. The maximum Gasteiger partial charge on any atom is 0.194 e. The molecular formula is C19H27FN6. The molecule has 0 saturated heterocycles. The van der Waals surface area contributed by atoms with Gasteiger partial charge in [0.15, 0.2) is 11.8 Å². The van der Waals surface area contributed by atoms with Crippen LogP contribution in [0.25, 0.3) is 0 Å². The minimum atomic E-state index is -0.219. The Hall–Kier alpha value is -2.44. The third-order valence-electron chi connectivity index (χ3n) is 4.56. The van der Waals surface area contributed by atoms with E-state index in [9.17, 15) is 4.39 Å². The standard InChI is InChI=1S/C19H27FN6/c1-3-21-19(25(2)14-15-8-7-9-16(20)12-15)22-13-18-24-23-17-10-5-4-6-11-26(17)18/h7-9,12H,3-6,10-11,13-14H2,1-2H3,(H,21,22). The van der Waals surface area contributed by atoms with Crippen molar-refractivity contribution in [3.8, 4) is 0 Å². The van der Waals surface area contributed by atoms with Crippen LogP contribution in [0.2, 0.25) is 0 Å². The monoisotopic (exact) mass is 358 g/mol. The molecule has 0 atom stereocenters. The number of nitrogens with one attached hydrogen (secondary N) is 1. The molecule has 0 saturated carbocycles. The fourth-order valence-corrected chi connectivity index (χ4v) is 3.26. The van der Waals surface area contributed by atoms with Crippen LogP contribution in [0.3, 0.4) is 0 Å². The number of benzene rings is 1. The van der Waals surface area contributed by atoms with E-state index in [-0.39, 0.29) is 5.82 Å². The molecular weight excluding hydrogens is 331 g/mol. The first-order valence-electron chi connectivity index (χ1n) is 9.32. The predicted octanol–water partition coefficient (Wildman–Crippen LogP) is 2.74. The van der Waals surface area contributed by atoms with Crippen molar-refractivity contribution in [2.75, 3.05) is 13.6 Å². The summed E-state index contributed by atoms with van der Waals surface area (Å²) in [4.78, 5) is 6.73. The normalized spacial score (nSPS) is 14.7. The van der Waals surface area contributed by atoms with Gasteiger partial charge in [-0.25, -0.2) is 9.38 Å². The van der Waals surface area contributed by atoms with Gasteiger partial charge in [-0.15, -0.1) is 10.2 Å². The van der Waals surface area contributed by atoms with Crippen molar-refractivity contribution < 1.29 is 4.39 Å². The van der Waals surface area contributed by atoms with Gasteiger partial charge in [0.05, 0.1) is 0 Å². The quantitative estimate of drug-likeness (QED) is 0.660. The SMILES string of the molecule is CCNC(=NCc1nnc2n1CCCCC2)N(C)Cc1cccc(F)c1. The smallest absolute Gasteiger partial charge is 0.194 e. The van der Waals surface area contributed by atoms with Crippen LogP contribution in [0.5, 0.6) is 0 Å². The van der Waals surface area contributed by atoms with Gasteiger partial charge in [-0.1, -0.05) is 18.6 Å². The van der Waals surface area contributed by atoms with E-state index in [0.717, 1.165) is 42.7 Å². The highest BCUT2D eigenvalue weighted by Gasteiger charge is 2.15. The number of fused-ring (bicyclic) bond motifs is 1. The number of halogens is 1. The number of rotatable bonds is 5. The number of aryl methyl sites for hydroxylation is 1. The minimum absolute atomic E-state index is 0.219. The van der Waals surface area contributed by atoms with Crippen molar-refractivity contribution in [1.82, 2.24) is 25.0 Å². The van der Waals surface area contributed by atoms with E-state index in [1.54, 1.807) is 12.1 Å². The summed E-state index contributed by atoms with van der Waals surface area (Å²) in [5, 5.41) is 12.0. The summed E-state index contributed by atoms with van der Waals surface area (Å²) >= 11 is 0. The van der Waals surface area contributed by atoms with Crippen LogP contribution >= 0.6 is 0 Å². The molecule has 3 rings (SSSR count). The summed E-state index contributed by atoms with van der Waals surface area (Å²) in [6.07, 6.45) is 4.59. The molecule has 0 unspecified atom stereocenters. The van der Waals surface area contributed by atoms with Gasteiger partial charge in [0.2, 0.25) is 0 Å². The average molecular weight is 358 g/mol. The molecule has 2 aromatic rings. The third-order valence-corrected chi connectivity index (χ3v) is 4.56. The van der Waals surface area contributed by atoms with Crippen LogP contribution < -0.4 is 5.32 Å². The van der Waals surface area contributed by atoms with Crippen LogP contribution in [0, 0.1) is 5.82 Å². The second-order valence-corrected chi connectivity index (χ2v) is 6.65. The Morgan fingerprint density at radius 1 is 1.31 bits per heavy atom. The number of aromatic nitrogens is 3. The van der Waals surface area contributed by atoms with Gasteiger partial charge < -0.3 is 14.8 Å². The molecule has 0 aliphatic carbocycles. The Morgan fingerprint density at radius 3 is 3.00 bits per heavy atom. The first-order chi connectivity index (χ1) is 12.7. The Labute approximate surface area is 154 Å². The lowest BCUT2D eigenvalue weighted by Crippen LogP contribution is -2.38. The van der Waals surface area contributed by atoms with E-state index in [1.807, 2.05) is 24.9 Å². The van der Waals surface area contributed by atoms with E-state index in [1.165, 1.54) is 25.3 Å². The third kappa shape index (κ3) is 4.59. The number of hydrogen-bond donors (Lipinski definition) is 1. The van der Waals surface area contributed by atoms with Crippen LogP contribution in [0.4, 0.5) is 4.39 Å². The zero-order valence-electron chi connectivity index (χ0n) is 15.6. The van der Waals surface area contributed by atoms with Gasteiger partial charge in [0, 0.05) is 33.1 Å². The van der Waals surface area contributed by atoms with Crippen LogP contribution in [0.15, 0.2) is 29.3 Å². The van der Waals surface area contributed by atoms with Crippen LogP contribution in [-0.4, -0.2) is 39.2 Å². The van der Waals surface area contributed by atoms with Gasteiger partial charge in [-0.05, 0) is 37.5 Å². The van der Waals surface area contributed by atoms with Gasteiger partial charge in [0.1, 0.15) is 18.2 Å². The lowest BCUT2D eigenvalue weighted by Gasteiger charge is -2.22. The second kappa shape index (κ2) is 8.78. The Kier molecular flexibility index (Phi) is 6.20. The largest absolute Gasteiger partial charge is 0.357 e. The van der Waals surface area contributed by atoms with E-state index >= 15 is 0 Å². The molecule has 1 aromatic carbocycles. The van der Waals surface area contributed by atoms with E-state index in [2.05, 4.69) is 20.1 Å². The summed E-state index contributed by atoms with van der Waals surface area (Å²) in [5.74, 6) is 2.55. The van der Waals surface area contributed by atoms with Gasteiger partial charge in [-0.2, -0.15) is 0 Å². The van der Waals surface area contributed by atoms with E-state index in [0.29, 0.717) is 13.1 Å². The molecule has 0 bridgehead atoms. The molecule has 26 heavy (non-hydrogen) atoms. The van der Waals surface area contributed by atoms with Crippen molar-refractivity contribution in [2.45, 2.75) is 52.2 Å². The first kappa shape index (κ1) is 18.4. The predicted molar refractivity (Wildman–Crippen MR) is 100 cm³/mol. The Balaban J connectivity index is 1.71. The Bertz CT molecular complexity index is 754. The molecule has 2 heterocycles. The average Bonchev–Trinajstić information content (AvgIpc) is 2.85. The molecule has 0 fully saturated rings. The lowest BCUT2D eigenvalue weighted by atomic mass is 10.2. The molecule has 7 heteroatoms. The maximum absolute atomic E-state index is 13.4. The molecule has 1 aromatic heterocycles. The van der Waals surface area contributed by atoms with Gasteiger partial charge in [0.25, 0.3) is 0 Å². The van der Waals surface area contributed by atoms with Crippen molar-refractivity contribution in [1.29, 1.82) is 0 Å². The summed E-state index contributed by atoms with van der Waals surface area (Å²) in [6, 6.07) is 6.66. The zero-order chi connectivity index (χ0) is 18.4. The Morgan fingerprint density at radius 2 is 2.19 bits per heavy atom. The fourth-order valence-electron chi connectivity index (χ4n) is 3.26. The van der Waals surface area contributed by atoms with Gasteiger partial charge >= 0.3 is 0 Å². The minimum Gasteiger partial charge on any atom is -0.357 e. The number of nitrogens with zero attached hydrogens (tertiary/aromatic N) is 5. The van der Waals surface area contributed by atoms with Gasteiger partial charge in [-0.3, -0.25) is 0 Å². The molecule has 1 N–H and O–H groups in total. The van der Waals surface area contributed by atoms with Crippen molar-refractivity contribution in [3.63, 3.8) is 0 Å². The zero-order valence-corrected chi connectivity index (χ0v) is 15.6. The van der Waals surface area contributed by atoms with E-state index in [4.69, 9.17) is 4.99 Å². The summed E-state index contributed by atoms with van der Waals surface area (Å²) in [6.45, 7) is 4.85. The summed E-state index contributed by atoms with van der Waals surface area (Å²) in [5.41, 5.74) is 0.912. The van der Waals surface area contributed by atoms with E-state index < -0.39 is 0 Å². The molecule has 1 aliphatic rings. The molecule has 6 nitrogen and oxygen atoms in total. The molecule has 0 radical (unpaired) electrons. The number of aliphatic imine (C=N–C) groups is 1. The molecule has 1 aliphatic heterocycles. The van der Waals surface area contributed by atoms with Crippen LogP contribution in [0.1, 0.15) is 43.4 Å². The number of hydrogen-bond acceptors (Lipinski definition) is 3. The maximum atomic E-state index is 13.4. The summed E-state index contributed by atoms with van der Waals surface area (Å²) < 4.78 is 15.6. The molecule has 0 spiro atoms. The molecule has 0 amide bonds.